The van der Waals surface area contributed by atoms with Crippen molar-refractivity contribution in [2.75, 3.05) is 23.8 Å². The van der Waals surface area contributed by atoms with E-state index < -0.39 is 0 Å². The number of nitrogens with zero attached hydrogens (tertiary/aromatic N) is 2. The third-order valence-electron chi connectivity index (χ3n) is 5.26. The van der Waals surface area contributed by atoms with E-state index in [0.717, 1.165) is 34.5 Å². The summed E-state index contributed by atoms with van der Waals surface area (Å²) in [6, 6.07) is 16.6. The van der Waals surface area contributed by atoms with Crippen LogP contribution in [0.5, 0.6) is 0 Å². The number of anilines is 3. The third kappa shape index (κ3) is 7.33. The molecule has 2 aromatic carbocycles. The second-order valence-electron chi connectivity index (χ2n) is 7.81. The molecule has 0 fully saturated rings. The van der Waals surface area contributed by atoms with E-state index in [1.807, 2.05) is 12.1 Å². The summed E-state index contributed by atoms with van der Waals surface area (Å²) in [6.07, 6.45) is 8.81. The smallest absolute Gasteiger partial charge is 0.187 e. The zero-order chi connectivity index (χ0) is 21.2. The first kappa shape index (κ1) is 22.6. The molecule has 0 radical (unpaired) electrons. The second kappa shape index (κ2) is 12.0. The number of benzene rings is 2. The van der Waals surface area contributed by atoms with Gasteiger partial charge in [0.2, 0.25) is 0 Å². The topological polar surface area (TPSA) is 28.2 Å². The van der Waals surface area contributed by atoms with Crippen LogP contribution < -0.4 is 10.2 Å². The fourth-order valence-electron chi connectivity index (χ4n) is 3.44. The van der Waals surface area contributed by atoms with Crippen molar-refractivity contribution in [1.82, 2.24) is 4.98 Å². The molecule has 0 unspecified atom stereocenters. The highest BCUT2D eigenvalue weighted by molar-refractivity contribution is 7.13. The Balaban J connectivity index is 1.46. The molecule has 0 saturated heterocycles. The van der Waals surface area contributed by atoms with Gasteiger partial charge >= 0.3 is 0 Å². The zero-order valence-corrected chi connectivity index (χ0v) is 19.6. The first-order valence-corrected chi connectivity index (χ1v) is 12.2. The summed E-state index contributed by atoms with van der Waals surface area (Å²) in [6.45, 7) is 3.38. The van der Waals surface area contributed by atoms with E-state index in [0.29, 0.717) is 0 Å². The molecule has 0 bridgehead atoms. The minimum atomic E-state index is 0.764. The van der Waals surface area contributed by atoms with Crippen molar-refractivity contribution in [1.29, 1.82) is 0 Å². The van der Waals surface area contributed by atoms with Crippen LogP contribution in [0.25, 0.3) is 0 Å². The molecule has 30 heavy (non-hydrogen) atoms. The Hall–Kier alpha value is -2.04. The molecule has 0 atom stereocenters. The Kier molecular flexibility index (Phi) is 9.03. The molecule has 3 aromatic rings. The third-order valence-corrected chi connectivity index (χ3v) is 6.32. The van der Waals surface area contributed by atoms with Crippen LogP contribution in [0.3, 0.4) is 0 Å². The lowest BCUT2D eigenvalue weighted by Crippen LogP contribution is -2.18. The summed E-state index contributed by atoms with van der Waals surface area (Å²) < 4.78 is 0. The summed E-state index contributed by atoms with van der Waals surface area (Å²) in [5.74, 6) is 0. The van der Waals surface area contributed by atoms with Crippen LogP contribution in [0.2, 0.25) is 5.02 Å². The summed E-state index contributed by atoms with van der Waals surface area (Å²) in [5.41, 5.74) is 4.62. The Morgan fingerprint density at radius 2 is 1.63 bits per heavy atom. The molecular formula is C25H32ClN3S. The van der Waals surface area contributed by atoms with Gasteiger partial charge in [0.1, 0.15) is 0 Å². The molecule has 1 N–H and O–H groups in total. The monoisotopic (exact) mass is 441 g/mol. The lowest BCUT2D eigenvalue weighted by molar-refractivity contribution is 0.606. The maximum atomic E-state index is 5.96. The highest BCUT2D eigenvalue weighted by Crippen LogP contribution is 2.24. The molecule has 0 saturated carbocycles. The van der Waals surface area contributed by atoms with Crippen LogP contribution in [0.4, 0.5) is 16.5 Å². The number of halogens is 1. The number of hydrogen-bond donors (Lipinski definition) is 1. The predicted octanol–water partition coefficient (Wildman–Crippen LogP) is 7.93. The standard InChI is InChI=1S/C25H32ClN3S/c1-3-4-5-6-7-8-17-29(2)24-15-13-22(14-16-24)27-25-28-23(19-30-25)18-20-9-11-21(26)12-10-20/h9-16,19H,3-8,17-18H2,1-2H3,(H,27,28). The Morgan fingerprint density at radius 1 is 0.933 bits per heavy atom. The SMILES string of the molecule is CCCCCCCCN(C)c1ccc(Nc2nc(Cc3ccc(Cl)cc3)cs2)cc1. The zero-order valence-electron chi connectivity index (χ0n) is 18.0. The van der Waals surface area contributed by atoms with Crippen molar-refractivity contribution >= 4 is 39.4 Å². The van der Waals surface area contributed by atoms with Crippen molar-refractivity contribution in [3.63, 3.8) is 0 Å². The van der Waals surface area contributed by atoms with Crippen LogP contribution in [0, 0.1) is 0 Å². The fraction of sp³-hybridized carbons (Fsp3) is 0.400. The molecule has 0 aliphatic carbocycles. The molecule has 3 nitrogen and oxygen atoms in total. The van der Waals surface area contributed by atoms with Crippen LogP contribution in [-0.2, 0) is 6.42 Å². The van der Waals surface area contributed by atoms with Crippen molar-refractivity contribution < 1.29 is 0 Å². The molecule has 0 aliphatic rings. The van der Waals surface area contributed by atoms with E-state index in [1.54, 1.807) is 11.3 Å². The summed E-state index contributed by atoms with van der Waals surface area (Å²) in [7, 11) is 2.18. The number of aromatic nitrogens is 1. The van der Waals surface area contributed by atoms with Gasteiger partial charge in [-0.15, -0.1) is 11.3 Å². The summed E-state index contributed by atoms with van der Waals surface area (Å²) >= 11 is 7.60. The molecule has 5 heteroatoms. The number of rotatable bonds is 12. The first-order chi connectivity index (χ1) is 14.6. The van der Waals surface area contributed by atoms with Crippen LogP contribution >= 0.6 is 22.9 Å². The van der Waals surface area contributed by atoms with E-state index in [2.05, 4.69) is 66.0 Å². The van der Waals surface area contributed by atoms with Gasteiger partial charge in [0.05, 0.1) is 5.69 Å². The molecule has 160 valence electrons. The lowest BCUT2D eigenvalue weighted by Gasteiger charge is -2.19. The van der Waals surface area contributed by atoms with Gasteiger partial charge in [0, 0.05) is 41.8 Å². The minimum absolute atomic E-state index is 0.764. The Labute approximate surface area is 190 Å². The maximum Gasteiger partial charge on any atom is 0.187 e. The molecule has 0 amide bonds. The van der Waals surface area contributed by atoms with Gasteiger partial charge in [0.25, 0.3) is 0 Å². The summed E-state index contributed by atoms with van der Waals surface area (Å²) in [5, 5.41) is 7.22. The van der Waals surface area contributed by atoms with Crippen LogP contribution in [-0.4, -0.2) is 18.6 Å². The van der Waals surface area contributed by atoms with Gasteiger partial charge in [-0.2, -0.15) is 0 Å². The van der Waals surface area contributed by atoms with E-state index in [9.17, 15) is 0 Å². The van der Waals surface area contributed by atoms with Crippen molar-refractivity contribution in [2.45, 2.75) is 51.9 Å². The number of unbranched alkanes of at least 4 members (excludes halogenated alkanes) is 5. The average Bonchev–Trinajstić information content (AvgIpc) is 3.19. The number of nitrogens with one attached hydrogen (secondary N) is 1. The highest BCUT2D eigenvalue weighted by atomic mass is 35.5. The van der Waals surface area contributed by atoms with Crippen LogP contribution in [0.1, 0.15) is 56.7 Å². The second-order valence-corrected chi connectivity index (χ2v) is 9.10. The minimum Gasteiger partial charge on any atom is -0.375 e. The van der Waals surface area contributed by atoms with E-state index in [-0.39, 0.29) is 0 Å². The normalized spacial score (nSPS) is 10.9. The van der Waals surface area contributed by atoms with Gasteiger partial charge in [-0.1, -0.05) is 62.8 Å². The molecule has 1 aromatic heterocycles. The van der Waals surface area contributed by atoms with E-state index in [4.69, 9.17) is 16.6 Å². The maximum absolute atomic E-state index is 5.96. The predicted molar refractivity (Wildman–Crippen MR) is 133 cm³/mol. The van der Waals surface area contributed by atoms with Crippen LogP contribution in [0.15, 0.2) is 53.9 Å². The van der Waals surface area contributed by atoms with Crippen molar-refractivity contribution in [2.24, 2.45) is 0 Å². The van der Waals surface area contributed by atoms with Gasteiger partial charge in [-0.05, 0) is 48.4 Å². The van der Waals surface area contributed by atoms with E-state index >= 15 is 0 Å². The number of hydrogen-bond acceptors (Lipinski definition) is 4. The largest absolute Gasteiger partial charge is 0.375 e. The molecule has 0 aliphatic heterocycles. The molecule has 1 heterocycles. The summed E-state index contributed by atoms with van der Waals surface area (Å²) in [4.78, 5) is 7.06. The Bertz CT molecular complexity index is 874. The average molecular weight is 442 g/mol. The quantitative estimate of drug-likeness (QED) is 0.289. The Morgan fingerprint density at radius 3 is 2.37 bits per heavy atom. The first-order valence-electron chi connectivity index (χ1n) is 10.9. The van der Waals surface area contributed by atoms with Crippen molar-refractivity contribution in [3.8, 4) is 0 Å². The molecule has 3 rings (SSSR count). The molecule has 0 spiro atoms. The van der Waals surface area contributed by atoms with Gasteiger partial charge in [-0.3, -0.25) is 0 Å². The fourth-order valence-corrected chi connectivity index (χ4v) is 4.29. The van der Waals surface area contributed by atoms with Crippen molar-refractivity contribution in [3.05, 3.63) is 70.2 Å². The highest BCUT2D eigenvalue weighted by Gasteiger charge is 2.05. The molecular weight excluding hydrogens is 410 g/mol. The lowest BCUT2D eigenvalue weighted by atomic mass is 10.1. The van der Waals surface area contributed by atoms with Gasteiger partial charge < -0.3 is 10.2 Å². The van der Waals surface area contributed by atoms with E-state index in [1.165, 1.54) is 49.8 Å². The van der Waals surface area contributed by atoms with Gasteiger partial charge in [-0.25, -0.2) is 4.98 Å². The number of thiazole rings is 1. The van der Waals surface area contributed by atoms with Gasteiger partial charge in [0.15, 0.2) is 5.13 Å².